The Labute approximate surface area is 142 Å². The zero-order valence-electron chi connectivity index (χ0n) is 13.4. The lowest BCUT2D eigenvalue weighted by Crippen LogP contribution is -1.99. The van der Waals surface area contributed by atoms with Crippen LogP contribution in [0, 0.1) is 6.92 Å². The largest absolute Gasteiger partial charge is 0.484 e. The molecule has 0 spiro atoms. The molecule has 0 atom stereocenters. The van der Waals surface area contributed by atoms with E-state index in [-0.39, 0.29) is 12.2 Å². The van der Waals surface area contributed by atoms with E-state index in [0.717, 1.165) is 16.5 Å². The van der Waals surface area contributed by atoms with Gasteiger partial charge in [0.1, 0.15) is 11.3 Å². The minimum atomic E-state index is -0.363. The smallest absolute Gasteiger partial charge is 0.336 e. The van der Waals surface area contributed by atoms with E-state index in [4.69, 9.17) is 13.7 Å². The molecule has 4 aromatic rings. The van der Waals surface area contributed by atoms with Gasteiger partial charge in [-0.2, -0.15) is 4.98 Å². The van der Waals surface area contributed by atoms with E-state index in [1.807, 2.05) is 43.3 Å². The number of fused-ring (bicyclic) bond motifs is 1. The van der Waals surface area contributed by atoms with Gasteiger partial charge in [-0.15, -0.1) is 0 Å². The van der Waals surface area contributed by atoms with Gasteiger partial charge in [-0.25, -0.2) is 4.79 Å². The molecule has 6 heteroatoms. The molecule has 0 bridgehead atoms. The molecule has 0 aliphatic rings. The molecule has 0 saturated carbocycles. The predicted octanol–water partition coefficient (Wildman–Crippen LogP) is 3.73. The van der Waals surface area contributed by atoms with Gasteiger partial charge in [0, 0.05) is 17.0 Å². The molecule has 2 aromatic heterocycles. The van der Waals surface area contributed by atoms with Crippen molar-refractivity contribution in [3.63, 3.8) is 0 Å². The minimum absolute atomic E-state index is 0.154. The first-order valence-corrected chi connectivity index (χ1v) is 7.74. The molecule has 25 heavy (non-hydrogen) atoms. The number of benzene rings is 2. The number of hydrogen-bond acceptors (Lipinski definition) is 6. The second-order valence-corrected chi connectivity index (χ2v) is 5.57. The van der Waals surface area contributed by atoms with Gasteiger partial charge in [-0.05, 0) is 30.7 Å². The van der Waals surface area contributed by atoms with Gasteiger partial charge >= 0.3 is 5.63 Å². The molecule has 0 aliphatic carbocycles. The normalized spacial score (nSPS) is 10.9. The van der Waals surface area contributed by atoms with E-state index in [9.17, 15) is 4.79 Å². The first-order chi connectivity index (χ1) is 12.2. The molecule has 0 unspecified atom stereocenters. The summed E-state index contributed by atoms with van der Waals surface area (Å²) < 4.78 is 16.1. The summed E-state index contributed by atoms with van der Waals surface area (Å²) >= 11 is 0. The lowest BCUT2D eigenvalue weighted by Gasteiger charge is -2.05. The second kappa shape index (κ2) is 6.24. The summed E-state index contributed by atoms with van der Waals surface area (Å²) in [5.41, 5.74) is 1.88. The third-order valence-corrected chi connectivity index (χ3v) is 3.78. The van der Waals surface area contributed by atoms with Crippen LogP contribution in [-0.4, -0.2) is 10.1 Å². The molecule has 4 rings (SSSR count). The summed E-state index contributed by atoms with van der Waals surface area (Å²) in [4.78, 5) is 15.7. The number of hydrogen-bond donors (Lipinski definition) is 0. The van der Waals surface area contributed by atoms with Crippen LogP contribution in [-0.2, 0) is 6.61 Å². The van der Waals surface area contributed by atoms with Crippen molar-refractivity contribution < 1.29 is 13.7 Å². The van der Waals surface area contributed by atoms with Crippen LogP contribution in [0.4, 0.5) is 0 Å². The molecule has 0 aliphatic heterocycles. The van der Waals surface area contributed by atoms with E-state index in [2.05, 4.69) is 10.1 Å². The Hall–Kier alpha value is -3.41. The quantitative estimate of drug-likeness (QED) is 0.529. The Bertz CT molecular complexity index is 1080. The molecule has 0 fully saturated rings. The SMILES string of the molecule is Cc1cc(=O)oc2ccc(OCc3nc(-c4ccccc4)no3)cc12. The monoisotopic (exact) mass is 334 g/mol. The molecule has 0 radical (unpaired) electrons. The molecular formula is C19H14N2O4. The second-order valence-electron chi connectivity index (χ2n) is 5.57. The van der Waals surface area contributed by atoms with E-state index >= 15 is 0 Å². The third-order valence-electron chi connectivity index (χ3n) is 3.78. The van der Waals surface area contributed by atoms with Crippen LogP contribution in [0.5, 0.6) is 5.75 Å². The molecule has 2 heterocycles. The van der Waals surface area contributed by atoms with Crippen LogP contribution in [0.15, 0.2) is 68.3 Å². The summed E-state index contributed by atoms with van der Waals surface area (Å²) in [7, 11) is 0. The maximum Gasteiger partial charge on any atom is 0.336 e. The highest BCUT2D eigenvalue weighted by Gasteiger charge is 2.10. The van der Waals surface area contributed by atoms with Gasteiger partial charge in [0.25, 0.3) is 5.89 Å². The molecule has 0 saturated heterocycles. The highest BCUT2D eigenvalue weighted by atomic mass is 16.5. The van der Waals surface area contributed by atoms with Crippen LogP contribution in [0.3, 0.4) is 0 Å². The van der Waals surface area contributed by atoms with Gasteiger partial charge < -0.3 is 13.7 Å². The fraction of sp³-hybridized carbons (Fsp3) is 0.105. The van der Waals surface area contributed by atoms with Crippen molar-refractivity contribution in [3.05, 3.63) is 76.5 Å². The van der Waals surface area contributed by atoms with E-state index < -0.39 is 0 Å². The van der Waals surface area contributed by atoms with Crippen molar-refractivity contribution in [2.45, 2.75) is 13.5 Å². The van der Waals surface area contributed by atoms with E-state index in [1.165, 1.54) is 6.07 Å². The summed E-state index contributed by atoms with van der Waals surface area (Å²) in [6.45, 7) is 2.01. The highest BCUT2D eigenvalue weighted by molar-refractivity contribution is 5.81. The average molecular weight is 334 g/mol. The Kier molecular flexibility index (Phi) is 3.78. The molecule has 0 amide bonds. The first kappa shape index (κ1) is 15.1. The Morgan fingerprint density at radius 1 is 1.08 bits per heavy atom. The lowest BCUT2D eigenvalue weighted by atomic mass is 10.1. The topological polar surface area (TPSA) is 78.4 Å². The number of aryl methyl sites for hydroxylation is 1. The summed E-state index contributed by atoms with van der Waals surface area (Å²) in [5.74, 6) is 1.54. The van der Waals surface area contributed by atoms with Crippen LogP contribution >= 0.6 is 0 Å². The Morgan fingerprint density at radius 3 is 2.76 bits per heavy atom. The molecule has 0 N–H and O–H groups in total. The fourth-order valence-corrected chi connectivity index (χ4v) is 2.55. The van der Waals surface area contributed by atoms with E-state index in [1.54, 1.807) is 12.1 Å². The molecular weight excluding hydrogens is 320 g/mol. The maximum atomic E-state index is 11.4. The van der Waals surface area contributed by atoms with Gasteiger partial charge in [0.2, 0.25) is 5.82 Å². The first-order valence-electron chi connectivity index (χ1n) is 7.74. The van der Waals surface area contributed by atoms with Crippen molar-refractivity contribution in [1.82, 2.24) is 10.1 Å². The van der Waals surface area contributed by atoms with Crippen molar-refractivity contribution in [2.24, 2.45) is 0 Å². The van der Waals surface area contributed by atoms with Crippen molar-refractivity contribution in [3.8, 4) is 17.1 Å². The number of aromatic nitrogens is 2. The van der Waals surface area contributed by atoms with Crippen molar-refractivity contribution in [2.75, 3.05) is 0 Å². The molecule has 2 aromatic carbocycles. The predicted molar refractivity (Wildman–Crippen MR) is 91.3 cm³/mol. The number of nitrogens with zero attached hydrogens (tertiary/aromatic N) is 2. The average Bonchev–Trinajstić information content (AvgIpc) is 3.10. The zero-order valence-corrected chi connectivity index (χ0v) is 13.4. The Balaban J connectivity index is 1.53. The van der Waals surface area contributed by atoms with Gasteiger partial charge in [0.15, 0.2) is 6.61 Å². The fourth-order valence-electron chi connectivity index (χ4n) is 2.55. The Morgan fingerprint density at radius 2 is 1.92 bits per heavy atom. The zero-order chi connectivity index (χ0) is 17.2. The van der Waals surface area contributed by atoms with Crippen molar-refractivity contribution >= 4 is 11.0 Å². The van der Waals surface area contributed by atoms with Gasteiger partial charge in [-0.1, -0.05) is 35.5 Å². The van der Waals surface area contributed by atoms with Gasteiger partial charge in [0.05, 0.1) is 0 Å². The van der Waals surface area contributed by atoms with Crippen LogP contribution in [0.1, 0.15) is 11.5 Å². The van der Waals surface area contributed by atoms with Crippen molar-refractivity contribution in [1.29, 1.82) is 0 Å². The number of rotatable bonds is 4. The summed E-state index contributed by atoms with van der Waals surface area (Å²) in [6, 6.07) is 16.3. The minimum Gasteiger partial charge on any atom is -0.484 e. The number of ether oxygens (including phenoxy) is 1. The van der Waals surface area contributed by atoms with Crippen LogP contribution in [0.2, 0.25) is 0 Å². The van der Waals surface area contributed by atoms with Crippen LogP contribution in [0.25, 0.3) is 22.4 Å². The molecule has 124 valence electrons. The third kappa shape index (κ3) is 3.14. The summed E-state index contributed by atoms with van der Waals surface area (Å²) in [6.07, 6.45) is 0. The highest BCUT2D eigenvalue weighted by Crippen LogP contribution is 2.23. The summed E-state index contributed by atoms with van der Waals surface area (Å²) in [5, 5.41) is 4.78. The van der Waals surface area contributed by atoms with Crippen LogP contribution < -0.4 is 10.4 Å². The van der Waals surface area contributed by atoms with E-state index in [0.29, 0.717) is 23.0 Å². The standard InChI is InChI=1S/C19H14N2O4/c1-12-9-18(22)24-16-8-7-14(10-15(12)16)23-11-17-20-19(21-25-17)13-5-3-2-4-6-13/h2-10H,11H2,1H3. The maximum absolute atomic E-state index is 11.4. The van der Waals surface area contributed by atoms with Gasteiger partial charge in [-0.3, -0.25) is 0 Å². The lowest BCUT2D eigenvalue weighted by molar-refractivity contribution is 0.243. The molecule has 6 nitrogen and oxygen atoms in total.